The van der Waals surface area contributed by atoms with Crippen LogP contribution in [-0.4, -0.2) is 5.97 Å². The molecule has 2 heteroatoms. The highest BCUT2D eigenvalue weighted by Gasteiger charge is 2.39. The van der Waals surface area contributed by atoms with Crippen LogP contribution < -0.4 is 5.11 Å². The summed E-state index contributed by atoms with van der Waals surface area (Å²) in [5.74, 6) is 0.272. The number of carboxylic acids is 1. The zero-order valence-corrected chi connectivity index (χ0v) is 5.88. The van der Waals surface area contributed by atoms with Gasteiger partial charge in [0.05, 0.1) is 0 Å². The van der Waals surface area contributed by atoms with E-state index >= 15 is 0 Å². The van der Waals surface area contributed by atoms with Gasteiger partial charge in [-0.15, -0.1) is 0 Å². The van der Waals surface area contributed by atoms with Gasteiger partial charge in [0.15, 0.2) is 0 Å². The molecule has 0 radical (unpaired) electrons. The van der Waals surface area contributed by atoms with Crippen LogP contribution in [0.2, 0.25) is 0 Å². The zero-order valence-electron chi connectivity index (χ0n) is 5.88. The Morgan fingerprint density at radius 3 is 2.40 bits per heavy atom. The van der Waals surface area contributed by atoms with Crippen LogP contribution in [0.4, 0.5) is 0 Å². The smallest absolute Gasteiger partial charge is 0.0448 e. The van der Waals surface area contributed by atoms with Crippen LogP contribution >= 0.6 is 0 Å². The lowest BCUT2D eigenvalue weighted by molar-refractivity contribution is -0.313. The summed E-state index contributed by atoms with van der Waals surface area (Å²) in [5.41, 5.74) is 0. The fraction of sp³-hybridized carbons (Fsp3) is 0.875. The summed E-state index contributed by atoms with van der Waals surface area (Å²) in [4.78, 5) is 10.5. The Morgan fingerprint density at radius 2 is 2.10 bits per heavy atom. The number of aliphatic carboxylic acids is 1. The SMILES string of the molecule is O=C([O-])[C@@H]1C[C@@H]2CC[C@H]1C2. The predicted molar refractivity (Wildman–Crippen MR) is 33.9 cm³/mol. The van der Waals surface area contributed by atoms with Gasteiger partial charge in [-0.25, -0.2) is 0 Å². The Morgan fingerprint density at radius 1 is 1.30 bits per heavy atom. The lowest BCUT2D eigenvalue weighted by Crippen LogP contribution is -2.34. The molecule has 56 valence electrons. The summed E-state index contributed by atoms with van der Waals surface area (Å²) in [6, 6.07) is 0. The third kappa shape index (κ3) is 0.746. The van der Waals surface area contributed by atoms with Gasteiger partial charge in [-0.1, -0.05) is 6.42 Å². The minimum atomic E-state index is -0.813. The Labute approximate surface area is 60.2 Å². The van der Waals surface area contributed by atoms with Gasteiger partial charge < -0.3 is 9.90 Å². The van der Waals surface area contributed by atoms with E-state index in [-0.39, 0.29) is 5.92 Å². The third-order valence-corrected chi connectivity index (χ3v) is 3.04. The van der Waals surface area contributed by atoms with Gasteiger partial charge in [0.1, 0.15) is 0 Å². The van der Waals surface area contributed by atoms with Crippen LogP contribution in [0.25, 0.3) is 0 Å². The van der Waals surface area contributed by atoms with Gasteiger partial charge in [0.25, 0.3) is 0 Å². The highest BCUT2D eigenvalue weighted by molar-refractivity contribution is 5.68. The maximum absolute atomic E-state index is 10.5. The van der Waals surface area contributed by atoms with Crippen LogP contribution in [0, 0.1) is 17.8 Å². The summed E-state index contributed by atoms with van der Waals surface area (Å²) in [6.45, 7) is 0. The number of hydrogen-bond donors (Lipinski definition) is 0. The van der Waals surface area contributed by atoms with Gasteiger partial charge in [0, 0.05) is 11.9 Å². The van der Waals surface area contributed by atoms with Gasteiger partial charge in [-0.3, -0.25) is 0 Å². The number of rotatable bonds is 1. The van der Waals surface area contributed by atoms with E-state index in [1.165, 1.54) is 6.42 Å². The van der Waals surface area contributed by atoms with Gasteiger partial charge in [-0.2, -0.15) is 0 Å². The number of carbonyl (C=O) groups excluding carboxylic acids is 1. The van der Waals surface area contributed by atoms with Crippen molar-refractivity contribution in [3.8, 4) is 0 Å². The maximum atomic E-state index is 10.5. The van der Waals surface area contributed by atoms with Crippen molar-refractivity contribution in [2.24, 2.45) is 17.8 Å². The lowest BCUT2D eigenvalue weighted by Gasteiger charge is -2.21. The average molecular weight is 139 g/mol. The standard InChI is InChI=1S/C8H12O2/c9-8(10)7-4-5-1-2-6(7)3-5/h5-7H,1-4H2,(H,9,10)/p-1/t5-,6+,7-/m1/s1. The molecule has 10 heavy (non-hydrogen) atoms. The Bertz CT molecular complexity index is 165. The molecule has 0 unspecified atom stereocenters. The minimum absolute atomic E-state index is 0.0984. The van der Waals surface area contributed by atoms with Crippen molar-refractivity contribution in [1.82, 2.24) is 0 Å². The van der Waals surface area contributed by atoms with Crippen LogP contribution in [0.15, 0.2) is 0 Å². The molecule has 0 heterocycles. The number of carboxylic acid groups (broad SMARTS) is 1. The first kappa shape index (κ1) is 6.20. The molecule has 0 aliphatic heterocycles. The molecule has 0 aromatic rings. The third-order valence-electron chi connectivity index (χ3n) is 3.04. The summed E-state index contributed by atoms with van der Waals surface area (Å²) < 4.78 is 0. The van der Waals surface area contributed by atoms with E-state index in [4.69, 9.17) is 0 Å². The Balaban J connectivity index is 2.08. The predicted octanol–water partition coefficient (Wildman–Crippen LogP) is 0.172. The average Bonchev–Trinajstić information content (AvgIpc) is 2.44. The van der Waals surface area contributed by atoms with Crippen molar-refractivity contribution in [3.63, 3.8) is 0 Å². The second-order valence-electron chi connectivity index (χ2n) is 3.60. The van der Waals surface area contributed by atoms with Crippen molar-refractivity contribution in [2.75, 3.05) is 0 Å². The van der Waals surface area contributed by atoms with Gasteiger partial charge in [-0.05, 0) is 31.1 Å². The highest BCUT2D eigenvalue weighted by atomic mass is 16.4. The summed E-state index contributed by atoms with van der Waals surface area (Å²) in [6.07, 6.45) is 4.43. The second kappa shape index (κ2) is 1.97. The molecular weight excluding hydrogens is 128 g/mol. The van der Waals surface area contributed by atoms with E-state index in [0.717, 1.165) is 19.3 Å². The normalized spacial score (nSPS) is 44.2. The van der Waals surface area contributed by atoms with Crippen LogP contribution in [0.1, 0.15) is 25.7 Å². The van der Waals surface area contributed by atoms with Crippen LogP contribution in [0.3, 0.4) is 0 Å². The van der Waals surface area contributed by atoms with E-state index in [2.05, 4.69) is 0 Å². The molecule has 0 aromatic carbocycles. The summed E-state index contributed by atoms with van der Waals surface area (Å²) in [7, 11) is 0. The number of hydrogen-bond acceptors (Lipinski definition) is 2. The first-order valence-electron chi connectivity index (χ1n) is 3.98. The van der Waals surface area contributed by atoms with E-state index in [0.29, 0.717) is 11.8 Å². The van der Waals surface area contributed by atoms with E-state index in [9.17, 15) is 9.90 Å². The molecule has 0 saturated heterocycles. The first-order chi connectivity index (χ1) is 4.77. The fourth-order valence-corrected chi connectivity index (χ4v) is 2.53. The van der Waals surface area contributed by atoms with Crippen molar-refractivity contribution < 1.29 is 9.90 Å². The van der Waals surface area contributed by atoms with Gasteiger partial charge in [0.2, 0.25) is 0 Å². The highest BCUT2D eigenvalue weighted by Crippen LogP contribution is 2.47. The van der Waals surface area contributed by atoms with Crippen molar-refractivity contribution in [1.29, 1.82) is 0 Å². The molecule has 2 aliphatic carbocycles. The maximum Gasteiger partial charge on any atom is 0.0448 e. The molecule has 0 N–H and O–H groups in total. The zero-order chi connectivity index (χ0) is 7.14. The number of carbonyl (C=O) groups is 1. The molecule has 2 fully saturated rings. The molecule has 2 rings (SSSR count). The molecule has 2 bridgehead atoms. The van der Waals surface area contributed by atoms with Crippen LogP contribution in [0.5, 0.6) is 0 Å². The topological polar surface area (TPSA) is 40.1 Å². The van der Waals surface area contributed by atoms with Crippen molar-refractivity contribution in [3.05, 3.63) is 0 Å². The van der Waals surface area contributed by atoms with Crippen LogP contribution in [-0.2, 0) is 4.79 Å². The Hall–Kier alpha value is -0.530. The van der Waals surface area contributed by atoms with Crippen molar-refractivity contribution >= 4 is 5.97 Å². The quantitative estimate of drug-likeness (QED) is 0.519. The lowest BCUT2D eigenvalue weighted by atomic mass is 9.89. The minimum Gasteiger partial charge on any atom is -0.550 e. The molecular formula is C8H11O2-. The van der Waals surface area contributed by atoms with E-state index in [1.807, 2.05) is 0 Å². The van der Waals surface area contributed by atoms with Gasteiger partial charge >= 0.3 is 0 Å². The summed E-state index contributed by atoms with van der Waals surface area (Å²) >= 11 is 0. The van der Waals surface area contributed by atoms with E-state index < -0.39 is 5.97 Å². The van der Waals surface area contributed by atoms with E-state index in [1.54, 1.807) is 0 Å². The largest absolute Gasteiger partial charge is 0.550 e. The fourth-order valence-electron chi connectivity index (χ4n) is 2.53. The first-order valence-corrected chi connectivity index (χ1v) is 3.98. The molecule has 2 nitrogen and oxygen atoms in total. The number of fused-ring (bicyclic) bond motifs is 2. The monoisotopic (exact) mass is 139 g/mol. The second-order valence-corrected chi connectivity index (χ2v) is 3.60. The van der Waals surface area contributed by atoms with Crippen molar-refractivity contribution in [2.45, 2.75) is 25.7 Å². The molecule has 2 aliphatic rings. The molecule has 3 atom stereocenters. The molecule has 0 aromatic heterocycles. The molecule has 2 saturated carbocycles. The Kier molecular flexibility index (Phi) is 1.22. The molecule has 0 spiro atoms. The molecule has 0 amide bonds. The summed E-state index contributed by atoms with van der Waals surface area (Å²) in [5, 5.41) is 10.5.